The summed E-state index contributed by atoms with van der Waals surface area (Å²) >= 11 is 0. The topological polar surface area (TPSA) is 52.0 Å². The summed E-state index contributed by atoms with van der Waals surface area (Å²) in [6.45, 7) is 2.03. The summed E-state index contributed by atoms with van der Waals surface area (Å²) in [7, 11) is 0. The molecule has 100 valence electrons. The zero-order valence-corrected chi connectivity index (χ0v) is 11.3. The van der Waals surface area contributed by atoms with Crippen LogP contribution in [0.3, 0.4) is 0 Å². The molecule has 0 radical (unpaired) electrons. The quantitative estimate of drug-likeness (QED) is 0.773. The van der Waals surface area contributed by atoms with Crippen molar-refractivity contribution in [3.63, 3.8) is 0 Å². The molecule has 3 heteroatoms. The SMILES string of the molecule is CCc1oc(N)nc1-c1ccc(-c2ccccc2)cc1. The molecule has 20 heavy (non-hydrogen) atoms. The second-order valence-corrected chi connectivity index (χ2v) is 4.62. The molecule has 0 saturated carbocycles. The highest BCUT2D eigenvalue weighted by Gasteiger charge is 2.11. The molecule has 0 amide bonds. The third kappa shape index (κ3) is 2.30. The molecule has 3 aromatic rings. The summed E-state index contributed by atoms with van der Waals surface area (Å²) in [6.07, 6.45) is 0.778. The zero-order valence-electron chi connectivity index (χ0n) is 11.3. The van der Waals surface area contributed by atoms with Crippen LogP contribution in [0.1, 0.15) is 12.7 Å². The van der Waals surface area contributed by atoms with Crippen molar-refractivity contribution in [2.75, 3.05) is 5.73 Å². The molecule has 0 unspecified atom stereocenters. The summed E-state index contributed by atoms with van der Waals surface area (Å²) in [6, 6.07) is 18.8. The first-order valence-electron chi connectivity index (χ1n) is 6.69. The Morgan fingerprint density at radius 3 is 2.15 bits per heavy atom. The first kappa shape index (κ1) is 12.5. The van der Waals surface area contributed by atoms with Gasteiger partial charge in [0, 0.05) is 12.0 Å². The largest absolute Gasteiger partial charge is 0.428 e. The molecule has 0 atom stereocenters. The molecule has 3 nitrogen and oxygen atoms in total. The summed E-state index contributed by atoms with van der Waals surface area (Å²) < 4.78 is 5.40. The summed E-state index contributed by atoms with van der Waals surface area (Å²) in [5, 5.41) is 0. The highest BCUT2D eigenvalue weighted by atomic mass is 16.4. The number of hydrogen-bond donors (Lipinski definition) is 1. The second kappa shape index (κ2) is 5.21. The molecule has 1 aromatic heterocycles. The molecule has 0 aliphatic heterocycles. The van der Waals surface area contributed by atoms with Gasteiger partial charge >= 0.3 is 0 Å². The van der Waals surface area contributed by atoms with Gasteiger partial charge in [0.15, 0.2) is 0 Å². The standard InChI is InChI=1S/C17H16N2O/c1-2-15-16(19-17(18)20-15)14-10-8-13(9-11-14)12-6-4-3-5-7-12/h3-11H,2H2,1H3,(H2,18,19). The lowest BCUT2D eigenvalue weighted by molar-refractivity contribution is 0.530. The Morgan fingerprint density at radius 2 is 1.50 bits per heavy atom. The van der Waals surface area contributed by atoms with Crippen LogP contribution in [-0.4, -0.2) is 4.98 Å². The molecule has 0 fully saturated rings. The minimum atomic E-state index is 0.226. The van der Waals surface area contributed by atoms with Crippen LogP contribution in [0.25, 0.3) is 22.4 Å². The van der Waals surface area contributed by atoms with Crippen LogP contribution >= 0.6 is 0 Å². The Bertz CT molecular complexity index is 700. The number of nitrogens with two attached hydrogens (primary N) is 1. The van der Waals surface area contributed by atoms with E-state index in [0.29, 0.717) is 0 Å². The van der Waals surface area contributed by atoms with Gasteiger partial charge in [-0.2, -0.15) is 4.98 Å². The number of nitrogen functional groups attached to an aromatic ring is 1. The molecular formula is C17H16N2O. The average Bonchev–Trinajstić information content (AvgIpc) is 2.89. The van der Waals surface area contributed by atoms with Crippen molar-refractivity contribution in [1.82, 2.24) is 4.98 Å². The number of rotatable bonds is 3. The van der Waals surface area contributed by atoms with Crippen LogP contribution in [0.15, 0.2) is 59.0 Å². The maximum atomic E-state index is 5.64. The van der Waals surface area contributed by atoms with Crippen molar-refractivity contribution >= 4 is 6.01 Å². The van der Waals surface area contributed by atoms with E-state index in [0.717, 1.165) is 23.4 Å². The van der Waals surface area contributed by atoms with E-state index in [-0.39, 0.29) is 6.01 Å². The van der Waals surface area contributed by atoms with Crippen molar-refractivity contribution in [3.8, 4) is 22.4 Å². The molecule has 0 aliphatic rings. The predicted octanol–water partition coefficient (Wildman–Crippen LogP) is 4.15. The number of nitrogens with zero attached hydrogens (tertiary/aromatic N) is 1. The van der Waals surface area contributed by atoms with Gasteiger partial charge in [0.1, 0.15) is 11.5 Å². The van der Waals surface area contributed by atoms with Gasteiger partial charge in [0.2, 0.25) is 0 Å². The van der Waals surface area contributed by atoms with E-state index in [1.54, 1.807) is 0 Å². The Labute approximate surface area is 118 Å². The fraction of sp³-hybridized carbons (Fsp3) is 0.118. The minimum absolute atomic E-state index is 0.226. The average molecular weight is 264 g/mol. The van der Waals surface area contributed by atoms with Crippen LogP contribution in [-0.2, 0) is 6.42 Å². The Kier molecular flexibility index (Phi) is 3.25. The van der Waals surface area contributed by atoms with E-state index in [1.807, 2.05) is 25.1 Å². The van der Waals surface area contributed by atoms with Crippen LogP contribution < -0.4 is 5.73 Å². The van der Waals surface area contributed by atoms with Crippen molar-refractivity contribution in [1.29, 1.82) is 0 Å². The van der Waals surface area contributed by atoms with Gasteiger partial charge in [0.25, 0.3) is 6.01 Å². The third-order valence-electron chi connectivity index (χ3n) is 3.30. The van der Waals surface area contributed by atoms with E-state index in [1.165, 1.54) is 11.1 Å². The number of aryl methyl sites for hydroxylation is 1. The van der Waals surface area contributed by atoms with Crippen molar-refractivity contribution in [2.24, 2.45) is 0 Å². The van der Waals surface area contributed by atoms with E-state index in [9.17, 15) is 0 Å². The summed E-state index contributed by atoms with van der Waals surface area (Å²) in [5.41, 5.74) is 9.89. The van der Waals surface area contributed by atoms with Crippen molar-refractivity contribution in [2.45, 2.75) is 13.3 Å². The highest BCUT2D eigenvalue weighted by Crippen LogP contribution is 2.28. The molecule has 0 spiro atoms. The normalized spacial score (nSPS) is 10.7. The van der Waals surface area contributed by atoms with Gasteiger partial charge in [-0.3, -0.25) is 0 Å². The number of oxazole rings is 1. The molecule has 0 saturated heterocycles. The lowest BCUT2D eigenvalue weighted by atomic mass is 10.0. The molecular weight excluding hydrogens is 248 g/mol. The smallest absolute Gasteiger partial charge is 0.292 e. The van der Waals surface area contributed by atoms with Gasteiger partial charge in [-0.1, -0.05) is 61.5 Å². The number of aromatic nitrogens is 1. The molecule has 2 aromatic carbocycles. The first-order valence-corrected chi connectivity index (χ1v) is 6.69. The summed E-state index contributed by atoms with van der Waals surface area (Å²) in [5.74, 6) is 0.829. The maximum Gasteiger partial charge on any atom is 0.292 e. The van der Waals surface area contributed by atoms with Crippen LogP contribution in [0.5, 0.6) is 0 Å². The summed E-state index contributed by atoms with van der Waals surface area (Å²) in [4.78, 5) is 4.27. The minimum Gasteiger partial charge on any atom is -0.428 e. The molecule has 0 bridgehead atoms. The van der Waals surface area contributed by atoms with Crippen LogP contribution in [0.2, 0.25) is 0 Å². The van der Waals surface area contributed by atoms with E-state index in [2.05, 4.69) is 41.4 Å². The molecule has 3 rings (SSSR count). The maximum absolute atomic E-state index is 5.64. The second-order valence-electron chi connectivity index (χ2n) is 4.62. The highest BCUT2D eigenvalue weighted by molar-refractivity contribution is 5.69. The number of benzene rings is 2. The van der Waals surface area contributed by atoms with Crippen LogP contribution in [0, 0.1) is 0 Å². The van der Waals surface area contributed by atoms with Crippen molar-refractivity contribution < 1.29 is 4.42 Å². The fourth-order valence-electron chi connectivity index (χ4n) is 2.29. The molecule has 0 aliphatic carbocycles. The van der Waals surface area contributed by atoms with Crippen molar-refractivity contribution in [3.05, 3.63) is 60.4 Å². The fourth-order valence-corrected chi connectivity index (χ4v) is 2.29. The van der Waals surface area contributed by atoms with Crippen LogP contribution in [0.4, 0.5) is 6.01 Å². The molecule has 2 N–H and O–H groups in total. The van der Waals surface area contributed by atoms with Gasteiger partial charge < -0.3 is 10.2 Å². The van der Waals surface area contributed by atoms with Gasteiger partial charge in [0.05, 0.1) is 0 Å². The monoisotopic (exact) mass is 264 g/mol. The van der Waals surface area contributed by atoms with Gasteiger partial charge in [-0.25, -0.2) is 0 Å². The zero-order chi connectivity index (χ0) is 13.9. The van der Waals surface area contributed by atoms with E-state index < -0.39 is 0 Å². The predicted molar refractivity (Wildman–Crippen MR) is 81.2 cm³/mol. The Hall–Kier alpha value is -2.55. The number of hydrogen-bond acceptors (Lipinski definition) is 3. The van der Waals surface area contributed by atoms with E-state index >= 15 is 0 Å². The Balaban J connectivity index is 1.97. The van der Waals surface area contributed by atoms with Gasteiger partial charge in [-0.15, -0.1) is 0 Å². The lowest BCUT2D eigenvalue weighted by Gasteiger charge is -2.03. The molecule has 1 heterocycles. The first-order chi connectivity index (χ1) is 9.78. The lowest BCUT2D eigenvalue weighted by Crippen LogP contribution is -1.86. The third-order valence-corrected chi connectivity index (χ3v) is 3.30. The Morgan fingerprint density at radius 1 is 0.900 bits per heavy atom. The van der Waals surface area contributed by atoms with Gasteiger partial charge in [-0.05, 0) is 11.1 Å². The van der Waals surface area contributed by atoms with E-state index in [4.69, 9.17) is 10.2 Å². The number of anilines is 1.